The van der Waals surface area contributed by atoms with Gasteiger partial charge in [-0.25, -0.2) is 9.59 Å². The molecule has 2 rings (SSSR count). The van der Waals surface area contributed by atoms with Gasteiger partial charge in [0.15, 0.2) is 0 Å². The van der Waals surface area contributed by atoms with E-state index in [1.807, 2.05) is 4.90 Å². The van der Waals surface area contributed by atoms with Crippen molar-refractivity contribution >= 4 is 12.0 Å². The van der Waals surface area contributed by atoms with Crippen LogP contribution in [0.15, 0.2) is 0 Å². The number of carbonyl (C=O) groups is 2. The van der Waals surface area contributed by atoms with Crippen LogP contribution in [-0.2, 0) is 9.53 Å². The Morgan fingerprint density at radius 3 is 2.65 bits per heavy atom. The van der Waals surface area contributed by atoms with Crippen LogP contribution in [0.2, 0.25) is 0 Å². The number of likely N-dealkylation sites (tertiary alicyclic amines) is 1. The Balaban J connectivity index is 2.05. The Morgan fingerprint density at radius 2 is 2.05 bits per heavy atom. The second-order valence-electron chi connectivity index (χ2n) is 5.68. The van der Waals surface area contributed by atoms with Gasteiger partial charge in [-0.05, 0) is 25.7 Å². The van der Waals surface area contributed by atoms with Crippen molar-refractivity contribution < 1.29 is 19.4 Å². The molecule has 0 spiro atoms. The highest BCUT2D eigenvalue weighted by atomic mass is 16.5. The molecule has 1 unspecified atom stereocenters. The molecule has 114 valence electrons. The SMILES string of the molecule is CCC1CCCCN1C(=O)NC1(C(=O)O)CCOCC1. The lowest BCUT2D eigenvalue weighted by atomic mass is 9.90. The van der Waals surface area contributed by atoms with Crippen LogP contribution < -0.4 is 5.32 Å². The predicted octanol–water partition coefficient (Wildman–Crippen LogP) is 1.59. The summed E-state index contributed by atoms with van der Waals surface area (Å²) in [7, 11) is 0. The summed E-state index contributed by atoms with van der Waals surface area (Å²) in [5.74, 6) is -0.959. The van der Waals surface area contributed by atoms with Crippen molar-refractivity contribution in [3.63, 3.8) is 0 Å². The minimum Gasteiger partial charge on any atom is -0.480 e. The van der Waals surface area contributed by atoms with Crippen molar-refractivity contribution in [2.75, 3.05) is 19.8 Å². The molecule has 0 aromatic rings. The van der Waals surface area contributed by atoms with Crippen LogP contribution in [0.5, 0.6) is 0 Å². The van der Waals surface area contributed by atoms with E-state index in [9.17, 15) is 14.7 Å². The monoisotopic (exact) mass is 284 g/mol. The normalized spacial score (nSPS) is 26.1. The maximum absolute atomic E-state index is 12.5. The van der Waals surface area contributed by atoms with E-state index in [0.717, 1.165) is 32.2 Å². The van der Waals surface area contributed by atoms with E-state index < -0.39 is 11.5 Å². The first-order chi connectivity index (χ1) is 9.59. The molecule has 0 saturated carbocycles. The molecule has 0 radical (unpaired) electrons. The molecule has 1 atom stereocenters. The highest BCUT2D eigenvalue weighted by Crippen LogP contribution is 2.24. The average molecular weight is 284 g/mol. The molecule has 0 aromatic carbocycles. The Kier molecular flexibility index (Phi) is 4.86. The molecule has 0 aliphatic carbocycles. The van der Waals surface area contributed by atoms with E-state index in [1.165, 1.54) is 0 Å². The van der Waals surface area contributed by atoms with Crippen LogP contribution in [0.4, 0.5) is 4.79 Å². The fraction of sp³-hybridized carbons (Fsp3) is 0.857. The van der Waals surface area contributed by atoms with Crippen molar-refractivity contribution in [1.82, 2.24) is 10.2 Å². The smallest absolute Gasteiger partial charge is 0.329 e. The minimum atomic E-state index is -1.16. The van der Waals surface area contributed by atoms with Gasteiger partial charge in [-0.2, -0.15) is 0 Å². The fourth-order valence-electron chi connectivity index (χ4n) is 3.08. The standard InChI is InChI=1S/C14H24N2O4/c1-2-11-5-3-4-8-16(11)13(19)15-14(12(17)18)6-9-20-10-7-14/h11H,2-10H2,1H3,(H,15,19)(H,17,18). The third-order valence-corrected chi connectivity index (χ3v) is 4.46. The van der Waals surface area contributed by atoms with Crippen LogP contribution in [0.3, 0.4) is 0 Å². The zero-order valence-electron chi connectivity index (χ0n) is 12.1. The van der Waals surface area contributed by atoms with Crippen molar-refractivity contribution in [3.8, 4) is 0 Å². The van der Waals surface area contributed by atoms with E-state index in [1.54, 1.807) is 0 Å². The number of hydrogen-bond acceptors (Lipinski definition) is 3. The van der Waals surface area contributed by atoms with E-state index in [-0.39, 0.29) is 12.1 Å². The zero-order valence-corrected chi connectivity index (χ0v) is 12.1. The lowest BCUT2D eigenvalue weighted by molar-refractivity contribution is -0.148. The molecule has 2 saturated heterocycles. The van der Waals surface area contributed by atoms with Crippen LogP contribution in [0.25, 0.3) is 0 Å². The molecule has 0 aromatic heterocycles. The lowest BCUT2D eigenvalue weighted by Crippen LogP contribution is -2.61. The number of carbonyl (C=O) groups excluding carboxylic acids is 1. The molecule has 2 amide bonds. The van der Waals surface area contributed by atoms with Gasteiger partial charge in [0, 0.05) is 38.6 Å². The summed E-state index contributed by atoms with van der Waals surface area (Å²) in [6.45, 7) is 3.54. The van der Waals surface area contributed by atoms with E-state index in [2.05, 4.69) is 12.2 Å². The van der Waals surface area contributed by atoms with Gasteiger partial charge in [0.1, 0.15) is 5.54 Å². The second kappa shape index (κ2) is 6.43. The predicted molar refractivity (Wildman–Crippen MR) is 73.6 cm³/mol. The van der Waals surface area contributed by atoms with Gasteiger partial charge >= 0.3 is 12.0 Å². The minimum absolute atomic E-state index is 0.231. The van der Waals surface area contributed by atoms with Gasteiger partial charge in [0.25, 0.3) is 0 Å². The number of ether oxygens (including phenoxy) is 1. The van der Waals surface area contributed by atoms with Crippen molar-refractivity contribution in [2.24, 2.45) is 0 Å². The number of aliphatic carboxylic acids is 1. The molecule has 2 N–H and O–H groups in total. The number of rotatable bonds is 3. The number of urea groups is 1. The molecular weight excluding hydrogens is 260 g/mol. The summed E-state index contributed by atoms with van der Waals surface area (Å²) >= 11 is 0. The van der Waals surface area contributed by atoms with Gasteiger partial charge in [-0.3, -0.25) is 0 Å². The number of nitrogens with zero attached hydrogens (tertiary/aromatic N) is 1. The molecular formula is C14H24N2O4. The summed E-state index contributed by atoms with van der Waals surface area (Å²) < 4.78 is 5.22. The van der Waals surface area contributed by atoms with Crippen molar-refractivity contribution in [1.29, 1.82) is 0 Å². The molecule has 20 heavy (non-hydrogen) atoms. The fourth-order valence-corrected chi connectivity index (χ4v) is 3.08. The maximum atomic E-state index is 12.5. The number of carboxylic acid groups (broad SMARTS) is 1. The van der Waals surface area contributed by atoms with Crippen LogP contribution >= 0.6 is 0 Å². The zero-order chi connectivity index (χ0) is 14.6. The molecule has 6 heteroatoms. The van der Waals surface area contributed by atoms with E-state index in [0.29, 0.717) is 26.1 Å². The largest absolute Gasteiger partial charge is 0.480 e. The number of nitrogens with one attached hydrogen (secondary N) is 1. The third-order valence-electron chi connectivity index (χ3n) is 4.46. The Morgan fingerprint density at radius 1 is 1.35 bits per heavy atom. The first-order valence-corrected chi connectivity index (χ1v) is 7.49. The third kappa shape index (κ3) is 3.06. The van der Waals surface area contributed by atoms with Gasteiger partial charge in [-0.15, -0.1) is 0 Å². The molecule has 2 aliphatic rings. The molecule has 0 bridgehead atoms. The highest BCUT2D eigenvalue weighted by molar-refractivity contribution is 5.86. The van der Waals surface area contributed by atoms with Crippen LogP contribution in [0.1, 0.15) is 45.4 Å². The lowest BCUT2D eigenvalue weighted by Gasteiger charge is -2.40. The number of piperidine rings is 1. The quantitative estimate of drug-likeness (QED) is 0.825. The Bertz CT molecular complexity index is 366. The van der Waals surface area contributed by atoms with Gasteiger partial charge < -0.3 is 20.1 Å². The van der Waals surface area contributed by atoms with Gasteiger partial charge in [0.2, 0.25) is 0 Å². The second-order valence-corrected chi connectivity index (χ2v) is 5.68. The van der Waals surface area contributed by atoms with Gasteiger partial charge in [0.05, 0.1) is 0 Å². The summed E-state index contributed by atoms with van der Waals surface area (Å²) in [6.07, 6.45) is 4.72. The molecule has 6 nitrogen and oxygen atoms in total. The van der Waals surface area contributed by atoms with E-state index >= 15 is 0 Å². The molecule has 2 aliphatic heterocycles. The Labute approximate surface area is 119 Å². The summed E-state index contributed by atoms with van der Waals surface area (Å²) in [4.78, 5) is 25.8. The molecule has 2 heterocycles. The van der Waals surface area contributed by atoms with Crippen LogP contribution in [0, 0.1) is 0 Å². The first-order valence-electron chi connectivity index (χ1n) is 7.49. The van der Waals surface area contributed by atoms with Crippen LogP contribution in [-0.4, -0.2) is 53.3 Å². The summed E-state index contributed by atoms with van der Waals surface area (Å²) in [6, 6.07) is -0.00437. The first kappa shape index (κ1) is 15.1. The summed E-state index contributed by atoms with van der Waals surface area (Å²) in [5, 5.41) is 12.2. The number of carboxylic acids is 1. The Hall–Kier alpha value is -1.30. The van der Waals surface area contributed by atoms with Gasteiger partial charge in [-0.1, -0.05) is 6.92 Å². The number of hydrogen-bond donors (Lipinski definition) is 2. The maximum Gasteiger partial charge on any atom is 0.329 e. The molecule has 2 fully saturated rings. The topological polar surface area (TPSA) is 78.9 Å². The number of amides is 2. The van der Waals surface area contributed by atoms with Crippen molar-refractivity contribution in [2.45, 2.75) is 57.0 Å². The average Bonchev–Trinajstić information content (AvgIpc) is 2.48. The summed E-state index contributed by atoms with van der Waals surface area (Å²) in [5.41, 5.74) is -1.16. The van der Waals surface area contributed by atoms with E-state index in [4.69, 9.17) is 4.74 Å². The van der Waals surface area contributed by atoms with Crippen molar-refractivity contribution in [3.05, 3.63) is 0 Å². The highest BCUT2D eigenvalue weighted by Gasteiger charge is 2.43.